The molecule has 0 fully saturated rings. The van der Waals surface area contributed by atoms with Crippen LogP contribution in [0.2, 0.25) is 0 Å². The first-order chi connectivity index (χ1) is 10.5. The lowest BCUT2D eigenvalue weighted by atomic mass is 10.00. The molecule has 1 amide bonds. The van der Waals surface area contributed by atoms with Crippen LogP contribution in [0, 0.1) is 0 Å². The monoisotopic (exact) mass is 324 g/mol. The predicted octanol–water partition coefficient (Wildman–Crippen LogP) is 0.593. The van der Waals surface area contributed by atoms with Crippen LogP contribution in [0.5, 0.6) is 0 Å². The van der Waals surface area contributed by atoms with Crippen LogP contribution in [-0.2, 0) is 9.53 Å². The number of ether oxygens (including phenoxy) is 1. The van der Waals surface area contributed by atoms with Gasteiger partial charge in [-0.05, 0) is 0 Å². The summed E-state index contributed by atoms with van der Waals surface area (Å²) in [6.07, 6.45) is 1.13. The van der Waals surface area contributed by atoms with E-state index in [0.29, 0.717) is 12.3 Å². The first kappa shape index (κ1) is 16.0. The van der Waals surface area contributed by atoms with Crippen molar-refractivity contribution in [3.05, 3.63) is 28.0 Å². The van der Waals surface area contributed by atoms with Gasteiger partial charge >= 0.3 is 5.97 Å². The summed E-state index contributed by atoms with van der Waals surface area (Å²) in [4.78, 5) is 46.8. The number of Topliss-reactive ketones (excluding diaryl/α,β-unsaturated/α-hetero) is 1. The summed E-state index contributed by atoms with van der Waals surface area (Å²) in [6, 6.07) is 0. The molecule has 1 aliphatic rings. The Labute approximate surface area is 129 Å². The summed E-state index contributed by atoms with van der Waals surface area (Å²) in [5.74, 6) is -1.97. The van der Waals surface area contributed by atoms with Crippen LogP contribution >= 0.6 is 11.8 Å². The molecule has 9 heteroatoms. The van der Waals surface area contributed by atoms with Crippen molar-refractivity contribution in [1.29, 1.82) is 0 Å². The number of thioether (sulfide) groups is 1. The Hall–Kier alpha value is -2.42. The molecule has 116 valence electrons. The molecule has 0 spiro atoms. The van der Waals surface area contributed by atoms with E-state index in [0.717, 1.165) is 24.9 Å². The number of rotatable bonds is 5. The largest absolute Gasteiger partial charge is 0.464 e. The number of nitrogens with one attached hydrogen (secondary N) is 1. The van der Waals surface area contributed by atoms with Crippen LogP contribution in [0.15, 0.2) is 15.5 Å². The van der Waals surface area contributed by atoms with Gasteiger partial charge in [0, 0.05) is 25.3 Å². The summed E-state index contributed by atoms with van der Waals surface area (Å²) >= 11 is 1.10. The quantitative estimate of drug-likeness (QED) is 0.618. The van der Waals surface area contributed by atoms with Crippen molar-refractivity contribution in [1.82, 2.24) is 10.5 Å². The minimum atomic E-state index is -0.851. The Bertz CT molecular complexity index is 691. The Kier molecular flexibility index (Phi) is 4.76. The second-order valence-electron chi connectivity index (χ2n) is 4.26. The van der Waals surface area contributed by atoms with E-state index in [9.17, 15) is 19.2 Å². The lowest BCUT2D eigenvalue weighted by molar-refractivity contribution is -0.118. The van der Waals surface area contributed by atoms with Crippen LogP contribution < -0.4 is 5.32 Å². The number of allylic oxidation sites excluding steroid dienone is 2. The van der Waals surface area contributed by atoms with E-state index in [1.807, 2.05) is 0 Å². The van der Waals surface area contributed by atoms with Crippen molar-refractivity contribution in [3.8, 4) is 0 Å². The van der Waals surface area contributed by atoms with Gasteiger partial charge in [0.25, 0.3) is 0 Å². The number of methoxy groups -OCH3 is 1. The highest BCUT2D eigenvalue weighted by Crippen LogP contribution is 2.30. The average Bonchev–Trinajstić information content (AvgIpc) is 2.93. The molecule has 0 bridgehead atoms. The van der Waals surface area contributed by atoms with E-state index in [2.05, 4.69) is 15.2 Å². The van der Waals surface area contributed by atoms with Gasteiger partial charge < -0.3 is 14.6 Å². The van der Waals surface area contributed by atoms with E-state index in [1.54, 1.807) is 0 Å². The highest BCUT2D eigenvalue weighted by atomic mass is 32.2. The molecule has 0 saturated carbocycles. The molecule has 0 saturated heterocycles. The fourth-order valence-electron chi connectivity index (χ4n) is 1.77. The molecule has 1 aliphatic carbocycles. The van der Waals surface area contributed by atoms with Crippen molar-refractivity contribution in [2.45, 2.75) is 6.92 Å². The number of aromatic nitrogens is 1. The van der Waals surface area contributed by atoms with Crippen molar-refractivity contribution >= 4 is 35.2 Å². The van der Waals surface area contributed by atoms with Crippen molar-refractivity contribution in [2.75, 3.05) is 19.4 Å². The van der Waals surface area contributed by atoms with Gasteiger partial charge in [-0.25, -0.2) is 4.79 Å². The third-order valence-electron chi connectivity index (χ3n) is 2.74. The van der Waals surface area contributed by atoms with Gasteiger partial charge in [0.05, 0.1) is 12.0 Å². The van der Waals surface area contributed by atoms with Crippen LogP contribution in [-0.4, -0.2) is 48.0 Å². The third-order valence-corrected chi connectivity index (χ3v) is 3.76. The fourth-order valence-corrected chi connectivity index (χ4v) is 2.62. The van der Waals surface area contributed by atoms with Crippen LogP contribution in [0.3, 0.4) is 0 Å². The topological polar surface area (TPSA) is 116 Å². The Balaban J connectivity index is 2.18. The number of hydrogen-bond donors (Lipinski definition) is 1. The predicted molar refractivity (Wildman–Crippen MR) is 75.7 cm³/mol. The zero-order valence-corrected chi connectivity index (χ0v) is 12.6. The summed E-state index contributed by atoms with van der Waals surface area (Å²) in [5.41, 5.74) is -0.495. The number of fused-ring (bicyclic) bond motifs is 1. The van der Waals surface area contributed by atoms with E-state index in [-0.39, 0.29) is 27.8 Å². The van der Waals surface area contributed by atoms with Crippen LogP contribution in [0.25, 0.3) is 0 Å². The highest BCUT2D eigenvalue weighted by Gasteiger charge is 2.36. The molecule has 1 aromatic rings. The maximum atomic E-state index is 12.4. The van der Waals surface area contributed by atoms with Gasteiger partial charge in [-0.1, -0.05) is 5.16 Å². The van der Waals surface area contributed by atoms with E-state index >= 15 is 0 Å². The molecular weight excluding hydrogens is 312 g/mol. The van der Waals surface area contributed by atoms with Crippen molar-refractivity contribution in [2.24, 2.45) is 0 Å². The highest BCUT2D eigenvalue weighted by molar-refractivity contribution is 8.04. The second kappa shape index (κ2) is 6.56. The first-order valence-corrected chi connectivity index (χ1v) is 7.20. The summed E-state index contributed by atoms with van der Waals surface area (Å²) in [5, 5.41) is 6.01. The van der Waals surface area contributed by atoms with E-state index in [4.69, 9.17) is 4.52 Å². The first-order valence-electron chi connectivity index (χ1n) is 6.21. The molecule has 1 heterocycles. The number of carbonyl (C=O) groups is 4. The molecule has 0 atom stereocenters. The molecule has 0 unspecified atom stereocenters. The molecule has 1 aromatic heterocycles. The summed E-state index contributed by atoms with van der Waals surface area (Å²) < 4.78 is 9.27. The molecule has 8 nitrogen and oxygen atoms in total. The summed E-state index contributed by atoms with van der Waals surface area (Å²) in [7, 11) is 1.14. The third kappa shape index (κ3) is 3.08. The van der Waals surface area contributed by atoms with E-state index < -0.39 is 17.5 Å². The molecule has 1 N–H and O–H groups in total. The van der Waals surface area contributed by atoms with Gasteiger partial charge in [-0.15, -0.1) is 11.8 Å². The smallest absolute Gasteiger partial charge is 0.361 e. The summed E-state index contributed by atoms with van der Waals surface area (Å²) in [6.45, 7) is 1.73. The standard InChI is InChI=1S/C13H12N2O6S/c1-6(16)14-3-4-22-8-5-7(17)12-9(11(8)18)10(15-21-12)13(19)20-2/h5H,3-4H2,1-2H3,(H,14,16). The Morgan fingerprint density at radius 2 is 2.14 bits per heavy atom. The minimum absolute atomic E-state index is 0.163. The number of amides is 1. The maximum absolute atomic E-state index is 12.4. The second-order valence-corrected chi connectivity index (χ2v) is 5.40. The fraction of sp³-hybridized carbons (Fsp3) is 0.308. The van der Waals surface area contributed by atoms with Gasteiger partial charge in [-0.3, -0.25) is 14.4 Å². The molecule has 0 aromatic carbocycles. The van der Waals surface area contributed by atoms with Crippen LogP contribution in [0.4, 0.5) is 0 Å². The van der Waals surface area contributed by atoms with Gasteiger partial charge in [0.2, 0.25) is 28.9 Å². The van der Waals surface area contributed by atoms with E-state index in [1.165, 1.54) is 6.92 Å². The number of ketones is 2. The average molecular weight is 324 g/mol. The molecular formula is C13H12N2O6S. The zero-order valence-electron chi connectivity index (χ0n) is 11.8. The molecule has 0 radical (unpaired) electrons. The SMILES string of the molecule is COC(=O)c1noc2c1C(=O)C(SCCNC(C)=O)=CC2=O. The lowest BCUT2D eigenvalue weighted by Gasteiger charge is -2.10. The van der Waals surface area contributed by atoms with Crippen LogP contribution in [0.1, 0.15) is 38.3 Å². The Morgan fingerprint density at radius 3 is 2.77 bits per heavy atom. The molecule has 0 aliphatic heterocycles. The lowest BCUT2D eigenvalue weighted by Crippen LogP contribution is -2.23. The van der Waals surface area contributed by atoms with Gasteiger partial charge in [0.15, 0.2) is 0 Å². The number of nitrogens with zero attached hydrogens (tertiary/aromatic N) is 1. The number of carbonyl (C=O) groups excluding carboxylic acids is 4. The van der Waals surface area contributed by atoms with Crippen molar-refractivity contribution < 1.29 is 28.4 Å². The number of esters is 1. The van der Waals surface area contributed by atoms with Gasteiger partial charge in [-0.2, -0.15) is 0 Å². The zero-order chi connectivity index (χ0) is 16.3. The molecule has 2 rings (SSSR count). The van der Waals surface area contributed by atoms with Crippen molar-refractivity contribution in [3.63, 3.8) is 0 Å². The Morgan fingerprint density at radius 1 is 1.41 bits per heavy atom. The maximum Gasteiger partial charge on any atom is 0.361 e. The minimum Gasteiger partial charge on any atom is -0.464 e. The number of hydrogen-bond acceptors (Lipinski definition) is 8. The van der Waals surface area contributed by atoms with Gasteiger partial charge in [0.1, 0.15) is 5.56 Å². The molecule has 22 heavy (non-hydrogen) atoms. The normalized spacial score (nSPS) is 13.5.